The summed E-state index contributed by atoms with van der Waals surface area (Å²) in [5, 5.41) is 0. The molecule has 0 fully saturated rings. The Balaban J connectivity index is 4.34. The van der Waals surface area contributed by atoms with Gasteiger partial charge >= 0.3 is 0 Å². The van der Waals surface area contributed by atoms with Gasteiger partial charge in [0.2, 0.25) is 0 Å². The first kappa shape index (κ1) is 15.8. The summed E-state index contributed by atoms with van der Waals surface area (Å²) in [7, 11) is 0.621. The van der Waals surface area contributed by atoms with Gasteiger partial charge in [0.15, 0.2) is 0 Å². The fourth-order valence-corrected chi connectivity index (χ4v) is 1.95. The molecule has 0 spiro atoms. The maximum Gasteiger partial charge on any atom is 0.148 e. The van der Waals surface area contributed by atoms with Crippen LogP contribution in [0.25, 0.3) is 0 Å². The third kappa shape index (κ3) is 5.79. The summed E-state index contributed by atoms with van der Waals surface area (Å²) in [5.74, 6) is 0.159. The zero-order valence-electron chi connectivity index (χ0n) is 10.7. The van der Waals surface area contributed by atoms with Gasteiger partial charge in [-0.15, -0.1) is 0 Å². The number of hydrogen-bond acceptors (Lipinski definition) is 5. The molecule has 0 saturated carbocycles. The lowest BCUT2D eigenvalue weighted by Gasteiger charge is -2.37. The van der Waals surface area contributed by atoms with Crippen LogP contribution in [0.3, 0.4) is 0 Å². The highest BCUT2D eigenvalue weighted by molar-refractivity contribution is 7.90. The molecule has 0 saturated heterocycles. The Morgan fingerprint density at radius 2 is 2.00 bits per heavy atom. The molecule has 0 aromatic heterocycles. The molecule has 6 heteroatoms. The normalized spacial score (nSPS) is 16.4. The second-order valence-electron chi connectivity index (χ2n) is 4.50. The van der Waals surface area contributed by atoms with E-state index in [4.69, 9.17) is 10.5 Å². The lowest BCUT2D eigenvalue weighted by molar-refractivity contribution is 0.0937. The Morgan fingerprint density at radius 3 is 2.38 bits per heavy atom. The van der Waals surface area contributed by atoms with Crippen molar-refractivity contribution >= 4 is 9.84 Å². The van der Waals surface area contributed by atoms with Crippen molar-refractivity contribution in [3.8, 4) is 0 Å². The maximum atomic E-state index is 11.1. The molecule has 0 aliphatic heterocycles. The first-order chi connectivity index (χ1) is 7.25. The molecular formula is C10H24N2O3S. The summed E-state index contributed by atoms with van der Waals surface area (Å²) in [6.45, 7) is 3.62. The highest BCUT2D eigenvalue weighted by Gasteiger charge is 2.27. The van der Waals surface area contributed by atoms with Crippen molar-refractivity contribution in [3.05, 3.63) is 0 Å². The molecule has 0 aromatic rings. The lowest BCUT2D eigenvalue weighted by atomic mass is 9.96. The highest BCUT2D eigenvalue weighted by atomic mass is 32.2. The summed E-state index contributed by atoms with van der Waals surface area (Å²) < 4.78 is 27.2. The minimum Gasteiger partial charge on any atom is -0.385 e. The maximum absolute atomic E-state index is 11.1. The molecule has 98 valence electrons. The van der Waals surface area contributed by atoms with E-state index < -0.39 is 9.84 Å². The topological polar surface area (TPSA) is 72.6 Å². The third-order valence-electron chi connectivity index (χ3n) is 3.00. The van der Waals surface area contributed by atoms with E-state index in [1.165, 1.54) is 6.26 Å². The van der Waals surface area contributed by atoms with Crippen LogP contribution in [-0.4, -0.2) is 64.7 Å². The van der Waals surface area contributed by atoms with E-state index >= 15 is 0 Å². The third-order valence-corrected chi connectivity index (χ3v) is 3.93. The van der Waals surface area contributed by atoms with Crippen LogP contribution in [0.15, 0.2) is 0 Å². The van der Waals surface area contributed by atoms with Crippen molar-refractivity contribution in [2.75, 3.05) is 45.9 Å². The molecule has 0 heterocycles. The van der Waals surface area contributed by atoms with Crippen molar-refractivity contribution in [1.29, 1.82) is 0 Å². The highest BCUT2D eigenvalue weighted by Crippen LogP contribution is 2.16. The van der Waals surface area contributed by atoms with Gasteiger partial charge in [-0.1, -0.05) is 0 Å². The molecule has 0 rings (SSSR count). The SMILES string of the molecule is COCCC(C)(CN)N(C)CCS(C)(=O)=O. The quantitative estimate of drug-likeness (QED) is 0.643. The van der Waals surface area contributed by atoms with Gasteiger partial charge in [-0.2, -0.15) is 0 Å². The van der Waals surface area contributed by atoms with Gasteiger partial charge in [-0.3, -0.25) is 4.90 Å². The van der Waals surface area contributed by atoms with E-state index in [0.717, 1.165) is 6.42 Å². The first-order valence-electron chi connectivity index (χ1n) is 5.33. The van der Waals surface area contributed by atoms with Gasteiger partial charge in [-0.05, 0) is 20.4 Å². The number of methoxy groups -OCH3 is 1. The van der Waals surface area contributed by atoms with Crippen LogP contribution >= 0.6 is 0 Å². The average molecular weight is 252 g/mol. The van der Waals surface area contributed by atoms with Crippen LogP contribution in [0.4, 0.5) is 0 Å². The number of sulfone groups is 1. The predicted octanol–water partition coefficient (Wildman–Crippen LogP) is -0.283. The zero-order chi connectivity index (χ0) is 12.8. The van der Waals surface area contributed by atoms with Crippen LogP contribution in [0, 0.1) is 0 Å². The zero-order valence-corrected chi connectivity index (χ0v) is 11.5. The molecule has 2 N–H and O–H groups in total. The van der Waals surface area contributed by atoms with Crippen molar-refractivity contribution in [2.24, 2.45) is 5.73 Å². The molecule has 16 heavy (non-hydrogen) atoms. The van der Waals surface area contributed by atoms with E-state index in [2.05, 4.69) is 0 Å². The number of rotatable bonds is 8. The van der Waals surface area contributed by atoms with E-state index in [1.54, 1.807) is 7.11 Å². The van der Waals surface area contributed by atoms with E-state index in [1.807, 2.05) is 18.9 Å². The van der Waals surface area contributed by atoms with Gasteiger partial charge in [0.25, 0.3) is 0 Å². The molecule has 1 atom stereocenters. The Bertz CT molecular complexity index is 292. The number of nitrogens with zero attached hydrogens (tertiary/aromatic N) is 1. The predicted molar refractivity (Wildman–Crippen MR) is 66.3 cm³/mol. The average Bonchev–Trinajstić information content (AvgIpc) is 2.21. The van der Waals surface area contributed by atoms with Crippen molar-refractivity contribution in [1.82, 2.24) is 4.90 Å². The number of likely N-dealkylation sites (N-methyl/N-ethyl adjacent to an activating group) is 1. The summed E-state index contributed by atoms with van der Waals surface area (Å²) in [5.41, 5.74) is 5.53. The Hall–Kier alpha value is -0.170. The number of nitrogens with two attached hydrogens (primary N) is 1. The van der Waals surface area contributed by atoms with Gasteiger partial charge in [0, 0.05) is 38.6 Å². The monoisotopic (exact) mass is 252 g/mol. The second kappa shape index (κ2) is 6.54. The van der Waals surface area contributed by atoms with Gasteiger partial charge in [-0.25, -0.2) is 8.42 Å². The number of ether oxygens (including phenoxy) is 1. The molecule has 0 aliphatic carbocycles. The fraction of sp³-hybridized carbons (Fsp3) is 1.00. The van der Waals surface area contributed by atoms with Crippen LogP contribution < -0.4 is 5.73 Å². The van der Waals surface area contributed by atoms with Gasteiger partial charge in [0.1, 0.15) is 9.84 Å². The Morgan fingerprint density at radius 1 is 1.44 bits per heavy atom. The van der Waals surface area contributed by atoms with E-state index in [-0.39, 0.29) is 11.3 Å². The van der Waals surface area contributed by atoms with Crippen molar-refractivity contribution in [3.63, 3.8) is 0 Å². The fourth-order valence-electron chi connectivity index (χ4n) is 1.34. The van der Waals surface area contributed by atoms with E-state index in [9.17, 15) is 8.42 Å². The van der Waals surface area contributed by atoms with Gasteiger partial charge < -0.3 is 10.5 Å². The smallest absolute Gasteiger partial charge is 0.148 e. The standard InChI is InChI=1S/C10H24N2O3S/c1-10(9-11,5-7-15-3)12(2)6-8-16(4,13)14/h5-9,11H2,1-4H3. The van der Waals surface area contributed by atoms with Crippen LogP contribution in [0.5, 0.6) is 0 Å². The molecule has 0 bridgehead atoms. The molecule has 1 unspecified atom stereocenters. The van der Waals surface area contributed by atoms with E-state index in [0.29, 0.717) is 19.7 Å². The number of hydrogen-bond donors (Lipinski definition) is 1. The largest absolute Gasteiger partial charge is 0.385 e. The minimum absolute atomic E-state index is 0.159. The Labute approximate surface area is 98.9 Å². The summed E-state index contributed by atoms with van der Waals surface area (Å²) in [6, 6.07) is 0. The molecular weight excluding hydrogens is 228 g/mol. The van der Waals surface area contributed by atoms with Crippen LogP contribution in [0.2, 0.25) is 0 Å². The summed E-state index contributed by atoms with van der Waals surface area (Å²) >= 11 is 0. The molecule has 0 aromatic carbocycles. The van der Waals surface area contributed by atoms with Crippen LogP contribution in [-0.2, 0) is 14.6 Å². The van der Waals surface area contributed by atoms with Crippen molar-refractivity contribution in [2.45, 2.75) is 18.9 Å². The molecule has 0 amide bonds. The van der Waals surface area contributed by atoms with Gasteiger partial charge in [0.05, 0.1) is 5.75 Å². The first-order valence-corrected chi connectivity index (χ1v) is 7.39. The molecule has 0 aliphatic rings. The lowest BCUT2D eigenvalue weighted by Crippen LogP contribution is -2.51. The van der Waals surface area contributed by atoms with Crippen molar-refractivity contribution < 1.29 is 13.2 Å². The molecule has 0 radical (unpaired) electrons. The van der Waals surface area contributed by atoms with Crippen LogP contribution in [0.1, 0.15) is 13.3 Å². The molecule has 5 nitrogen and oxygen atoms in total. The minimum atomic E-state index is -2.92. The second-order valence-corrected chi connectivity index (χ2v) is 6.76. The Kier molecular flexibility index (Phi) is 6.47. The summed E-state index contributed by atoms with van der Waals surface area (Å²) in [4.78, 5) is 1.99. The summed E-state index contributed by atoms with van der Waals surface area (Å²) in [6.07, 6.45) is 2.04.